The number of carbonyl (C=O) groups is 1. The Balaban J connectivity index is 0.000000479. The van der Waals surface area contributed by atoms with Gasteiger partial charge in [0.1, 0.15) is 22.8 Å². The van der Waals surface area contributed by atoms with E-state index < -0.39 is 5.97 Å². The van der Waals surface area contributed by atoms with Crippen LogP contribution in [0.1, 0.15) is 20.8 Å². The van der Waals surface area contributed by atoms with Gasteiger partial charge in [-0.25, -0.2) is 10.0 Å². The predicted molar refractivity (Wildman–Crippen MR) is 187 cm³/mol. The normalized spacial score (nSPS) is 10.6. The lowest BCUT2D eigenvalue weighted by molar-refractivity contribution is -0.825. The van der Waals surface area contributed by atoms with Crippen molar-refractivity contribution in [1.82, 2.24) is 0 Å². The molecule has 5 aromatic rings. The van der Waals surface area contributed by atoms with Gasteiger partial charge in [-0.15, -0.1) is 11.3 Å². The van der Waals surface area contributed by atoms with Crippen molar-refractivity contribution in [2.45, 2.75) is 0 Å². The van der Waals surface area contributed by atoms with Crippen LogP contribution in [0.25, 0.3) is 23.3 Å². The summed E-state index contributed by atoms with van der Waals surface area (Å²) in [4.78, 5) is 16.2. The Morgan fingerprint density at radius 1 is 0.830 bits per heavy atom. The fourth-order valence-corrected chi connectivity index (χ4v) is 5.29. The van der Waals surface area contributed by atoms with Crippen LogP contribution >= 0.6 is 11.3 Å². The third-order valence-corrected chi connectivity index (χ3v) is 8.22. The van der Waals surface area contributed by atoms with Gasteiger partial charge in [-0.05, 0) is 77.9 Å². The highest BCUT2D eigenvalue weighted by Crippen LogP contribution is 2.36. The molecule has 244 valence electrons. The molecule has 0 aliphatic carbocycles. The first-order chi connectivity index (χ1) is 22.6. The molecule has 8 N–H and O–H groups in total. The number of hydrogen-bond donors (Lipinski definition) is 4. The smallest absolute Gasteiger partial charge is 0.347 e. The van der Waals surface area contributed by atoms with Crippen molar-refractivity contribution in [3.8, 4) is 34.1 Å². The lowest BCUT2D eigenvalue weighted by Crippen LogP contribution is -2.73. The number of methoxy groups -OCH3 is 3. The van der Waals surface area contributed by atoms with Crippen LogP contribution in [0.15, 0.2) is 91.0 Å². The molecule has 0 saturated carbocycles. The number of nitrogens with two attached hydrogens (primary N) is 2. The van der Waals surface area contributed by atoms with E-state index in [1.165, 1.54) is 12.1 Å². The Bertz CT molecular complexity index is 1840. The number of carbonyl (C=O) groups excluding carboxylic acids is 1. The number of ether oxygens (including phenoxy) is 4. The summed E-state index contributed by atoms with van der Waals surface area (Å²) in [6.07, 6.45) is 4.03. The first-order valence-corrected chi connectivity index (χ1v) is 15.3. The van der Waals surface area contributed by atoms with Gasteiger partial charge in [0.25, 0.3) is 0 Å². The molecule has 0 aliphatic heterocycles. The van der Waals surface area contributed by atoms with Crippen molar-refractivity contribution in [3.05, 3.63) is 107 Å². The summed E-state index contributed by atoms with van der Waals surface area (Å²) in [5, 5.41) is 9.64. The van der Waals surface area contributed by atoms with Crippen molar-refractivity contribution in [3.63, 3.8) is 0 Å². The second-order valence-electron chi connectivity index (χ2n) is 10.4. The van der Waals surface area contributed by atoms with Crippen LogP contribution in [0.3, 0.4) is 0 Å². The molecule has 4 aromatic carbocycles. The molecule has 1 heterocycles. The SMILES string of the molecule is COc1cc(-c2ccc(OC(=O)c3ccc(/C=C/c4ccc(N(C)C)s4)cc3OC)cc2OC)ccc1[NH3+].Nc1ccc([NH2+]O)cc1. The van der Waals surface area contributed by atoms with Gasteiger partial charge >= 0.3 is 5.97 Å². The zero-order valence-corrected chi connectivity index (χ0v) is 27.8. The number of nitrogens with zero attached hydrogens (tertiary/aromatic N) is 1. The van der Waals surface area contributed by atoms with Crippen LogP contribution in [-0.4, -0.2) is 46.6 Å². The highest BCUT2D eigenvalue weighted by molar-refractivity contribution is 7.16. The van der Waals surface area contributed by atoms with E-state index in [-0.39, 0.29) is 0 Å². The Morgan fingerprint density at radius 3 is 2.19 bits per heavy atom. The van der Waals surface area contributed by atoms with Gasteiger partial charge in [0, 0.05) is 54.5 Å². The first kappa shape index (κ1) is 34.5. The van der Waals surface area contributed by atoms with Crippen LogP contribution in [0.4, 0.5) is 22.1 Å². The zero-order chi connectivity index (χ0) is 33.9. The maximum atomic E-state index is 13.0. The van der Waals surface area contributed by atoms with E-state index in [4.69, 9.17) is 29.9 Å². The highest BCUT2D eigenvalue weighted by atomic mass is 32.1. The van der Waals surface area contributed by atoms with E-state index in [1.54, 1.807) is 68.0 Å². The summed E-state index contributed by atoms with van der Waals surface area (Å²) in [5.74, 6) is 1.51. The van der Waals surface area contributed by atoms with Crippen LogP contribution in [-0.2, 0) is 0 Å². The molecule has 10 nitrogen and oxygen atoms in total. The summed E-state index contributed by atoms with van der Waals surface area (Å²) < 4.78 is 22.2. The second-order valence-corrected chi connectivity index (χ2v) is 11.5. The average Bonchev–Trinajstić information content (AvgIpc) is 3.58. The molecule has 0 atom stereocenters. The standard InChI is InChI=1S/C30H30N2O5S.C6H8N2O/c1-32(2)29-15-11-22(38-29)10-6-19-7-12-24(26(16-19)34-3)30(33)37-21-9-13-23(27(18-21)35-4)20-8-14-25(31)28(17-20)36-5;7-5-1-3-6(8-9)4-2-5/h6-18H,31H2,1-5H3;1-4,8-9H,7H2/p+2/b10-6+;. The number of anilines is 2. The monoisotopic (exact) mass is 656 g/mol. The molecule has 0 fully saturated rings. The summed E-state index contributed by atoms with van der Waals surface area (Å²) >= 11 is 1.70. The average molecular weight is 657 g/mol. The van der Waals surface area contributed by atoms with Crippen molar-refractivity contribution >= 4 is 51.5 Å². The molecule has 0 spiro atoms. The van der Waals surface area contributed by atoms with Gasteiger partial charge in [-0.2, -0.15) is 5.48 Å². The number of quaternary nitrogens is 2. The van der Waals surface area contributed by atoms with Gasteiger partial charge in [-0.3, -0.25) is 0 Å². The molecule has 0 amide bonds. The molecular weight excluding hydrogens is 616 g/mol. The van der Waals surface area contributed by atoms with Crippen LogP contribution in [0.5, 0.6) is 23.0 Å². The third kappa shape index (κ3) is 9.12. The Hall–Kier alpha value is -5.33. The number of nitrogen functional groups attached to an aromatic ring is 1. The van der Waals surface area contributed by atoms with Crippen LogP contribution in [0, 0.1) is 0 Å². The predicted octanol–water partition coefficient (Wildman–Crippen LogP) is 5.62. The number of thiophene rings is 1. The summed E-state index contributed by atoms with van der Waals surface area (Å²) in [6.45, 7) is 0. The zero-order valence-electron chi connectivity index (χ0n) is 27.0. The summed E-state index contributed by atoms with van der Waals surface area (Å²) in [7, 11) is 8.75. The molecule has 0 aliphatic rings. The van der Waals surface area contributed by atoms with Gasteiger partial charge in [0.15, 0.2) is 17.1 Å². The fourth-order valence-electron chi connectivity index (χ4n) is 4.46. The van der Waals surface area contributed by atoms with E-state index in [1.807, 2.05) is 62.6 Å². The second kappa shape index (κ2) is 16.3. The number of rotatable bonds is 10. The summed E-state index contributed by atoms with van der Waals surface area (Å²) in [5.41, 5.74) is 15.6. The van der Waals surface area contributed by atoms with Crippen LogP contribution in [0.2, 0.25) is 0 Å². The quantitative estimate of drug-likeness (QED) is 0.0655. The third-order valence-electron chi connectivity index (χ3n) is 7.01. The minimum Gasteiger partial charge on any atom is -0.496 e. The lowest BCUT2D eigenvalue weighted by Gasteiger charge is -2.13. The molecule has 47 heavy (non-hydrogen) atoms. The molecule has 1 aromatic heterocycles. The van der Waals surface area contributed by atoms with Gasteiger partial charge < -0.3 is 35.3 Å². The topological polar surface area (TPSA) is 148 Å². The van der Waals surface area contributed by atoms with Gasteiger partial charge in [-0.1, -0.05) is 12.1 Å². The fraction of sp³-hybridized carbons (Fsp3) is 0.139. The maximum absolute atomic E-state index is 13.0. The van der Waals surface area contributed by atoms with E-state index in [0.29, 0.717) is 34.2 Å². The number of hydrogen-bond acceptors (Lipinski definition) is 9. The molecule has 0 bridgehead atoms. The van der Waals surface area contributed by atoms with Crippen molar-refractivity contribution < 1.29 is 40.2 Å². The molecule has 0 unspecified atom stereocenters. The van der Waals surface area contributed by atoms with Crippen molar-refractivity contribution in [1.29, 1.82) is 0 Å². The van der Waals surface area contributed by atoms with E-state index in [0.717, 1.165) is 38.4 Å². The van der Waals surface area contributed by atoms with Gasteiger partial charge in [0.2, 0.25) is 0 Å². The van der Waals surface area contributed by atoms with E-state index in [2.05, 4.69) is 22.8 Å². The Morgan fingerprint density at radius 2 is 1.55 bits per heavy atom. The Kier molecular flexibility index (Phi) is 12.0. The summed E-state index contributed by atoms with van der Waals surface area (Å²) in [6, 6.07) is 27.5. The van der Waals surface area contributed by atoms with E-state index >= 15 is 0 Å². The van der Waals surface area contributed by atoms with Crippen molar-refractivity contribution in [2.24, 2.45) is 0 Å². The Labute approximate surface area is 278 Å². The lowest BCUT2D eigenvalue weighted by atomic mass is 10.0. The number of esters is 1. The van der Waals surface area contributed by atoms with E-state index in [9.17, 15) is 4.79 Å². The first-order valence-electron chi connectivity index (χ1n) is 14.5. The molecule has 0 radical (unpaired) electrons. The minimum atomic E-state index is -0.524. The number of benzene rings is 4. The minimum absolute atomic E-state index is 0.328. The largest absolute Gasteiger partial charge is 0.496 e. The maximum Gasteiger partial charge on any atom is 0.347 e. The highest BCUT2D eigenvalue weighted by Gasteiger charge is 2.17. The molecule has 11 heteroatoms. The van der Waals surface area contributed by atoms with Gasteiger partial charge in [0.05, 0.1) is 26.3 Å². The van der Waals surface area contributed by atoms with Crippen LogP contribution < -0.4 is 40.8 Å². The molecule has 0 saturated heterocycles. The molecular formula is C36H40N4O6S+2. The van der Waals surface area contributed by atoms with Crippen molar-refractivity contribution in [2.75, 3.05) is 46.1 Å². The molecule has 5 rings (SSSR count).